The van der Waals surface area contributed by atoms with Gasteiger partial charge in [0.2, 0.25) is 5.91 Å². The number of anilines is 2. The SMILES string of the molecule is COc1ccc(NC(=O)c2ccccc2NC(=O)CSc2nnc(C)n2C2CCCCC2)cc1. The van der Waals surface area contributed by atoms with Gasteiger partial charge in [-0.25, -0.2) is 0 Å². The van der Waals surface area contributed by atoms with Crippen LogP contribution in [-0.4, -0.2) is 39.4 Å². The van der Waals surface area contributed by atoms with Crippen molar-refractivity contribution in [1.29, 1.82) is 0 Å². The molecule has 9 heteroatoms. The fourth-order valence-corrected chi connectivity index (χ4v) is 5.04. The van der Waals surface area contributed by atoms with Crippen molar-refractivity contribution in [3.63, 3.8) is 0 Å². The minimum atomic E-state index is -0.304. The molecule has 2 aromatic carbocycles. The second-order valence-corrected chi connectivity index (χ2v) is 9.20. The van der Waals surface area contributed by atoms with Crippen LogP contribution in [0.4, 0.5) is 11.4 Å². The summed E-state index contributed by atoms with van der Waals surface area (Å²) in [6.07, 6.45) is 5.93. The number of rotatable bonds is 8. The van der Waals surface area contributed by atoms with Crippen molar-refractivity contribution >= 4 is 35.0 Å². The van der Waals surface area contributed by atoms with Crippen molar-refractivity contribution in [3.8, 4) is 5.75 Å². The number of carbonyl (C=O) groups is 2. The van der Waals surface area contributed by atoms with Gasteiger partial charge in [0.05, 0.1) is 24.1 Å². The zero-order valence-corrected chi connectivity index (χ0v) is 20.2. The van der Waals surface area contributed by atoms with Crippen molar-refractivity contribution < 1.29 is 14.3 Å². The van der Waals surface area contributed by atoms with E-state index in [0.717, 1.165) is 23.8 Å². The molecule has 0 radical (unpaired) electrons. The van der Waals surface area contributed by atoms with Crippen molar-refractivity contribution in [2.24, 2.45) is 0 Å². The van der Waals surface area contributed by atoms with Crippen LogP contribution in [0.1, 0.15) is 54.3 Å². The van der Waals surface area contributed by atoms with Crippen molar-refractivity contribution in [1.82, 2.24) is 14.8 Å². The van der Waals surface area contributed by atoms with E-state index in [1.807, 2.05) is 6.92 Å². The van der Waals surface area contributed by atoms with Gasteiger partial charge >= 0.3 is 0 Å². The Balaban J connectivity index is 1.39. The number of aryl methyl sites for hydroxylation is 1. The molecule has 1 aliphatic rings. The summed E-state index contributed by atoms with van der Waals surface area (Å²) in [7, 11) is 1.59. The predicted molar refractivity (Wildman–Crippen MR) is 134 cm³/mol. The van der Waals surface area contributed by atoms with Gasteiger partial charge < -0.3 is 19.9 Å². The first kappa shape index (κ1) is 23.8. The highest BCUT2D eigenvalue weighted by atomic mass is 32.2. The van der Waals surface area contributed by atoms with Crippen LogP contribution in [0.15, 0.2) is 53.7 Å². The number of hydrogen-bond acceptors (Lipinski definition) is 6. The molecule has 2 N–H and O–H groups in total. The van der Waals surface area contributed by atoms with Gasteiger partial charge in [-0.15, -0.1) is 10.2 Å². The molecule has 0 atom stereocenters. The molecule has 1 aliphatic carbocycles. The lowest BCUT2D eigenvalue weighted by Gasteiger charge is -2.24. The first-order valence-corrected chi connectivity index (χ1v) is 12.4. The van der Waals surface area contributed by atoms with Crippen LogP contribution >= 0.6 is 11.8 Å². The number of thioether (sulfide) groups is 1. The molecule has 1 aromatic heterocycles. The van der Waals surface area contributed by atoms with Gasteiger partial charge in [-0.2, -0.15) is 0 Å². The molecule has 1 saturated carbocycles. The van der Waals surface area contributed by atoms with Crippen molar-refractivity contribution in [2.45, 2.75) is 50.2 Å². The summed E-state index contributed by atoms with van der Waals surface area (Å²) in [6, 6.07) is 14.4. The first-order chi connectivity index (χ1) is 16.5. The highest BCUT2D eigenvalue weighted by molar-refractivity contribution is 7.99. The van der Waals surface area contributed by atoms with Crippen LogP contribution in [0.2, 0.25) is 0 Å². The molecule has 0 saturated heterocycles. The average Bonchev–Trinajstić information content (AvgIpc) is 3.24. The molecule has 4 rings (SSSR count). The van der Waals surface area contributed by atoms with Gasteiger partial charge in [0, 0.05) is 11.7 Å². The summed E-state index contributed by atoms with van der Waals surface area (Å²) in [5, 5.41) is 15.0. The number of aromatic nitrogens is 3. The Morgan fingerprint density at radius 1 is 1.03 bits per heavy atom. The highest BCUT2D eigenvalue weighted by Crippen LogP contribution is 2.32. The summed E-state index contributed by atoms with van der Waals surface area (Å²) in [5.74, 6) is 1.26. The standard InChI is InChI=1S/C25H29N5O3S/c1-17-28-29-25(30(17)19-8-4-3-5-9-19)34-16-23(31)27-22-11-7-6-10-21(22)24(32)26-18-12-14-20(33-2)15-13-18/h6-7,10-15,19H,3-5,8-9,16H2,1-2H3,(H,26,32)(H,27,31). The molecule has 34 heavy (non-hydrogen) atoms. The van der Waals surface area contributed by atoms with Crippen molar-refractivity contribution in [2.75, 3.05) is 23.5 Å². The fourth-order valence-electron chi connectivity index (χ4n) is 4.19. The number of para-hydroxylation sites is 1. The summed E-state index contributed by atoms with van der Waals surface area (Å²) >= 11 is 1.37. The zero-order chi connectivity index (χ0) is 23.9. The number of methoxy groups -OCH3 is 1. The second-order valence-electron chi connectivity index (χ2n) is 8.26. The Kier molecular flexibility index (Phi) is 7.84. The second kappa shape index (κ2) is 11.2. The highest BCUT2D eigenvalue weighted by Gasteiger charge is 2.22. The Bertz CT molecular complexity index is 1140. The van der Waals surface area contributed by atoms with E-state index in [2.05, 4.69) is 25.4 Å². The number of nitrogens with one attached hydrogen (secondary N) is 2. The van der Waals surface area contributed by atoms with Gasteiger partial charge in [-0.3, -0.25) is 9.59 Å². The maximum atomic E-state index is 12.9. The third-order valence-electron chi connectivity index (χ3n) is 5.90. The Labute approximate surface area is 203 Å². The molecule has 8 nitrogen and oxygen atoms in total. The molecule has 0 aliphatic heterocycles. The van der Waals surface area contributed by atoms with Crippen LogP contribution in [0, 0.1) is 6.92 Å². The van der Waals surface area contributed by atoms with E-state index in [1.165, 1.54) is 31.0 Å². The van der Waals surface area contributed by atoms with Crippen LogP contribution in [-0.2, 0) is 4.79 Å². The summed E-state index contributed by atoms with van der Waals surface area (Å²) < 4.78 is 7.32. The minimum Gasteiger partial charge on any atom is -0.497 e. The number of nitrogens with zero attached hydrogens (tertiary/aromatic N) is 3. The summed E-state index contributed by atoms with van der Waals surface area (Å²) in [6.45, 7) is 1.96. The molecule has 0 bridgehead atoms. The van der Waals surface area contributed by atoms with Gasteiger partial charge in [0.15, 0.2) is 5.16 Å². The average molecular weight is 480 g/mol. The number of amides is 2. The largest absolute Gasteiger partial charge is 0.497 e. The van der Waals surface area contributed by atoms with E-state index in [-0.39, 0.29) is 17.6 Å². The van der Waals surface area contributed by atoms with E-state index in [1.54, 1.807) is 55.6 Å². The van der Waals surface area contributed by atoms with Crippen molar-refractivity contribution in [3.05, 3.63) is 59.9 Å². The number of benzene rings is 2. The molecule has 1 heterocycles. The lowest BCUT2D eigenvalue weighted by atomic mass is 9.95. The van der Waals surface area contributed by atoms with Gasteiger partial charge in [-0.05, 0) is 56.2 Å². The monoisotopic (exact) mass is 479 g/mol. The van der Waals surface area contributed by atoms with Crippen LogP contribution < -0.4 is 15.4 Å². The van der Waals surface area contributed by atoms with Gasteiger partial charge in [0.1, 0.15) is 11.6 Å². The topological polar surface area (TPSA) is 98.1 Å². The Hall–Kier alpha value is -3.33. The number of carbonyl (C=O) groups excluding carboxylic acids is 2. The minimum absolute atomic E-state index is 0.180. The Morgan fingerprint density at radius 2 is 1.76 bits per heavy atom. The van der Waals surface area contributed by atoms with Crippen LogP contribution in [0.25, 0.3) is 0 Å². The van der Waals surface area contributed by atoms with E-state index in [4.69, 9.17) is 4.74 Å². The molecule has 178 valence electrons. The lowest BCUT2D eigenvalue weighted by molar-refractivity contribution is -0.113. The molecule has 3 aromatic rings. The maximum Gasteiger partial charge on any atom is 0.257 e. The molecule has 0 unspecified atom stereocenters. The number of hydrogen-bond donors (Lipinski definition) is 2. The lowest BCUT2D eigenvalue weighted by Crippen LogP contribution is -2.20. The van der Waals surface area contributed by atoms with Crippen LogP contribution in [0.3, 0.4) is 0 Å². The quantitative estimate of drug-likeness (QED) is 0.437. The predicted octanol–water partition coefficient (Wildman–Crippen LogP) is 5.08. The molecule has 1 fully saturated rings. The van der Waals surface area contributed by atoms with Gasteiger partial charge in [0.25, 0.3) is 5.91 Å². The van der Waals surface area contributed by atoms with Gasteiger partial charge in [-0.1, -0.05) is 43.2 Å². The molecule has 0 spiro atoms. The normalized spacial score (nSPS) is 13.9. The maximum absolute atomic E-state index is 12.9. The molecular formula is C25H29N5O3S. The number of ether oxygens (including phenoxy) is 1. The van der Waals surface area contributed by atoms with E-state index in [0.29, 0.717) is 28.7 Å². The fraction of sp³-hybridized carbons (Fsp3) is 0.360. The molecular weight excluding hydrogens is 450 g/mol. The third-order valence-corrected chi connectivity index (χ3v) is 6.84. The smallest absolute Gasteiger partial charge is 0.257 e. The summed E-state index contributed by atoms with van der Waals surface area (Å²) in [4.78, 5) is 25.6. The first-order valence-electron chi connectivity index (χ1n) is 11.4. The Morgan fingerprint density at radius 3 is 2.50 bits per heavy atom. The van der Waals surface area contributed by atoms with E-state index >= 15 is 0 Å². The zero-order valence-electron chi connectivity index (χ0n) is 19.4. The van der Waals surface area contributed by atoms with E-state index in [9.17, 15) is 9.59 Å². The van der Waals surface area contributed by atoms with E-state index < -0.39 is 0 Å². The van der Waals surface area contributed by atoms with Crippen LogP contribution in [0.5, 0.6) is 5.75 Å². The third kappa shape index (κ3) is 5.77. The summed E-state index contributed by atoms with van der Waals surface area (Å²) in [5.41, 5.74) is 1.49. The molecule has 2 amide bonds.